The number of hydrogen-bond donors (Lipinski definition) is 0. The molecule has 0 N–H and O–H groups in total. The third-order valence-electron chi connectivity index (χ3n) is 1.94. The van der Waals surface area contributed by atoms with Crippen LogP contribution in [0.15, 0.2) is 24.3 Å². The molecule has 0 aromatic heterocycles. The zero-order valence-electron chi connectivity index (χ0n) is 8.51. The Morgan fingerprint density at radius 3 is 2.93 bits per heavy atom. The Bertz CT molecular complexity index is 396. The van der Waals surface area contributed by atoms with Crippen molar-refractivity contribution < 1.29 is 4.92 Å². The average molecular weight is 204 g/mol. The molecular weight excluding hydrogens is 192 g/mol. The largest absolute Gasteiger partial charge is 0.291 e. The van der Waals surface area contributed by atoms with Crippen LogP contribution in [0, 0.1) is 22.5 Å². The molecule has 1 aromatic carbocycles. The molecule has 0 aliphatic carbocycles. The molecule has 0 atom stereocenters. The summed E-state index contributed by atoms with van der Waals surface area (Å²) in [4.78, 5) is 12.0. The van der Waals surface area contributed by atoms with E-state index in [0.29, 0.717) is 13.1 Å². The maximum Gasteiger partial charge on any atom is 0.269 e. The summed E-state index contributed by atoms with van der Waals surface area (Å²) in [6.07, 6.45) is 5.16. The molecule has 0 saturated carbocycles. The van der Waals surface area contributed by atoms with Gasteiger partial charge in [0.2, 0.25) is 0 Å². The first-order chi connectivity index (χ1) is 7.13. The molecule has 0 aliphatic rings. The van der Waals surface area contributed by atoms with Crippen LogP contribution >= 0.6 is 0 Å². The number of nitro benzene ring substituents is 1. The van der Waals surface area contributed by atoms with E-state index in [1.165, 1.54) is 6.07 Å². The Kier molecular flexibility index (Phi) is 3.83. The number of rotatable bonds is 4. The number of nitrogens with zero attached hydrogens (tertiary/aromatic N) is 2. The van der Waals surface area contributed by atoms with E-state index >= 15 is 0 Å². The van der Waals surface area contributed by atoms with Crippen molar-refractivity contribution in [2.45, 2.75) is 6.54 Å². The second-order valence-corrected chi connectivity index (χ2v) is 3.30. The molecule has 1 rings (SSSR count). The summed E-state index contributed by atoms with van der Waals surface area (Å²) in [6, 6.07) is 6.56. The van der Waals surface area contributed by atoms with Gasteiger partial charge in [-0.2, -0.15) is 0 Å². The quantitative estimate of drug-likeness (QED) is 0.425. The lowest BCUT2D eigenvalue weighted by Crippen LogP contribution is -2.17. The first-order valence-corrected chi connectivity index (χ1v) is 4.49. The molecule has 0 bridgehead atoms. The first kappa shape index (κ1) is 11.2. The van der Waals surface area contributed by atoms with Crippen molar-refractivity contribution in [1.29, 1.82) is 0 Å². The number of benzene rings is 1. The Hall–Kier alpha value is -1.86. The minimum atomic E-state index is -0.398. The van der Waals surface area contributed by atoms with Crippen LogP contribution in [0.5, 0.6) is 0 Å². The van der Waals surface area contributed by atoms with Gasteiger partial charge in [0.15, 0.2) is 0 Å². The van der Waals surface area contributed by atoms with Crippen LogP contribution in [0.3, 0.4) is 0 Å². The predicted octanol–water partition coefficient (Wildman–Crippen LogP) is 1.66. The summed E-state index contributed by atoms with van der Waals surface area (Å²) < 4.78 is 0. The second-order valence-electron chi connectivity index (χ2n) is 3.30. The molecule has 0 radical (unpaired) electrons. The Balaban J connectivity index is 2.74. The van der Waals surface area contributed by atoms with E-state index in [-0.39, 0.29) is 5.69 Å². The highest BCUT2D eigenvalue weighted by molar-refractivity contribution is 5.34. The van der Waals surface area contributed by atoms with Crippen LogP contribution in [0.1, 0.15) is 5.56 Å². The van der Waals surface area contributed by atoms with Gasteiger partial charge < -0.3 is 0 Å². The summed E-state index contributed by atoms with van der Waals surface area (Å²) in [5, 5.41) is 10.5. The van der Waals surface area contributed by atoms with Gasteiger partial charge in [0.1, 0.15) is 0 Å². The SMILES string of the molecule is C#CCN(C)Cc1cccc([N+](=O)[O-])c1. The lowest BCUT2D eigenvalue weighted by atomic mass is 10.2. The van der Waals surface area contributed by atoms with Gasteiger partial charge in [-0.3, -0.25) is 15.0 Å². The van der Waals surface area contributed by atoms with Gasteiger partial charge >= 0.3 is 0 Å². The molecule has 0 saturated heterocycles. The van der Waals surface area contributed by atoms with Gasteiger partial charge in [0.05, 0.1) is 11.5 Å². The summed E-state index contributed by atoms with van der Waals surface area (Å²) in [6.45, 7) is 1.15. The number of hydrogen-bond acceptors (Lipinski definition) is 3. The highest BCUT2D eigenvalue weighted by atomic mass is 16.6. The summed E-state index contributed by atoms with van der Waals surface area (Å²) >= 11 is 0. The number of terminal acetylenes is 1. The fourth-order valence-electron chi connectivity index (χ4n) is 1.29. The maximum absolute atomic E-state index is 10.5. The van der Waals surface area contributed by atoms with Crippen molar-refractivity contribution in [3.63, 3.8) is 0 Å². The van der Waals surface area contributed by atoms with Crippen LogP contribution in [0.2, 0.25) is 0 Å². The Morgan fingerprint density at radius 2 is 2.33 bits per heavy atom. The molecule has 0 amide bonds. The molecule has 0 aliphatic heterocycles. The van der Waals surface area contributed by atoms with Crippen molar-refractivity contribution in [3.8, 4) is 12.3 Å². The summed E-state index contributed by atoms with van der Waals surface area (Å²) in [5.41, 5.74) is 1.00. The third kappa shape index (κ3) is 3.41. The van der Waals surface area contributed by atoms with E-state index in [1.807, 2.05) is 18.0 Å². The predicted molar refractivity (Wildman–Crippen MR) is 58.3 cm³/mol. The van der Waals surface area contributed by atoms with E-state index in [1.54, 1.807) is 12.1 Å². The van der Waals surface area contributed by atoms with Crippen LogP contribution in [-0.4, -0.2) is 23.4 Å². The molecule has 4 nitrogen and oxygen atoms in total. The van der Waals surface area contributed by atoms with Gasteiger partial charge in [0.25, 0.3) is 5.69 Å². The minimum Gasteiger partial charge on any atom is -0.291 e. The normalized spacial score (nSPS) is 9.93. The molecule has 78 valence electrons. The molecule has 15 heavy (non-hydrogen) atoms. The number of nitro groups is 1. The van der Waals surface area contributed by atoms with Crippen molar-refractivity contribution in [2.24, 2.45) is 0 Å². The molecule has 0 spiro atoms. The van der Waals surface area contributed by atoms with E-state index in [4.69, 9.17) is 6.42 Å². The molecule has 0 heterocycles. The van der Waals surface area contributed by atoms with E-state index in [2.05, 4.69) is 5.92 Å². The molecule has 0 fully saturated rings. The molecule has 4 heteroatoms. The van der Waals surface area contributed by atoms with E-state index in [0.717, 1.165) is 5.56 Å². The molecular formula is C11H12N2O2. The fraction of sp³-hybridized carbons (Fsp3) is 0.273. The van der Waals surface area contributed by atoms with Gasteiger partial charge in [0, 0.05) is 18.7 Å². The third-order valence-corrected chi connectivity index (χ3v) is 1.94. The number of non-ortho nitro benzene ring substituents is 1. The van der Waals surface area contributed by atoms with Gasteiger partial charge in [-0.05, 0) is 12.6 Å². The molecule has 1 aromatic rings. The van der Waals surface area contributed by atoms with Crippen LogP contribution in [0.4, 0.5) is 5.69 Å². The van der Waals surface area contributed by atoms with Crippen molar-refractivity contribution in [1.82, 2.24) is 4.90 Å². The lowest BCUT2D eigenvalue weighted by Gasteiger charge is -2.12. The monoisotopic (exact) mass is 204 g/mol. The highest BCUT2D eigenvalue weighted by Crippen LogP contribution is 2.13. The van der Waals surface area contributed by atoms with E-state index < -0.39 is 4.92 Å². The van der Waals surface area contributed by atoms with Gasteiger partial charge in [-0.1, -0.05) is 18.1 Å². The lowest BCUT2D eigenvalue weighted by molar-refractivity contribution is -0.384. The standard InChI is InChI=1S/C11H12N2O2/c1-3-7-12(2)9-10-5-4-6-11(8-10)13(14)15/h1,4-6,8H,7,9H2,2H3. The van der Waals surface area contributed by atoms with Crippen molar-refractivity contribution in [2.75, 3.05) is 13.6 Å². The highest BCUT2D eigenvalue weighted by Gasteiger charge is 2.06. The Morgan fingerprint density at radius 1 is 1.60 bits per heavy atom. The summed E-state index contributed by atoms with van der Waals surface area (Å²) in [7, 11) is 1.87. The first-order valence-electron chi connectivity index (χ1n) is 4.49. The van der Waals surface area contributed by atoms with Crippen LogP contribution < -0.4 is 0 Å². The fourth-order valence-corrected chi connectivity index (χ4v) is 1.29. The van der Waals surface area contributed by atoms with Gasteiger partial charge in [-0.25, -0.2) is 0 Å². The summed E-state index contributed by atoms with van der Waals surface area (Å²) in [5.74, 6) is 2.52. The Labute approximate surface area is 88.7 Å². The maximum atomic E-state index is 10.5. The second kappa shape index (κ2) is 5.13. The zero-order valence-corrected chi connectivity index (χ0v) is 8.51. The zero-order chi connectivity index (χ0) is 11.3. The molecule has 0 unspecified atom stereocenters. The van der Waals surface area contributed by atoms with Gasteiger partial charge in [-0.15, -0.1) is 6.42 Å². The van der Waals surface area contributed by atoms with Crippen LogP contribution in [-0.2, 0) is 6.54 Å². The average Bonchev–Trinajstić information content (AvgIpc) is 2.18. The van der Waals surface area contributed by atoms with Crippen LogP contribution in [0.25, 0.3) is 0 Å². The van der Waals surface area contributed by atoms with Crippen molar-refractivity contribution >= 4 is 5.69 Å². The topological polar surface area (TPSA) is 46.4 Å². The van der Waals surface area contributed by atoms with E-state index in [9.17, 15) is 10.1 Å². The van der Waals surface area contributed by atoms with Crippen molar-refractivity contribution in [3.05, 3.63) is 39.9 Å². The minimum absolute atomic E-state index is 0.113. The smallest absolute Gasteiger partial charge is 0.269 e.